The summed E-state index contributed by atoms with van der Waals surface area (Å²) in [5.41, 5.74) is 3.05. The molecule has 1 aliphatic rings. The van der Waals surface area contributed by atoms with Gasteiger partial charge >= 0.3 is 0 Å². The van der Waals surface area contributed by atoms with Crippen LogP contribution < -0.4 is 0 Å². The summed E-state index contributed by atoms with van der Waals surface area (Å²) in [6.07, 6.45) is 3.71. The first-order valence-electron chi connectivity index (χ1n) is 9.92. The van der Waals surface area contributed by atoms with E-state index in [0.29, 0.717) is 38.2 Å². The highest BCUT2D eigenvalue weighted by Gasteiger charge is 2.24. The smallest absolute Gasteiger partial charge is 0.253 e. The first kappa shape index (κ1) is 19.8. The Morgan fingerprint density at radius 3 is 2.43 bits per heavy atom. The van der Waals surface area contributed by atoms with Crippen LogP contribution in [0.2, 0.25) is 0 Å². The second-order valence-electron chi connectivity index (χ2n) is 7.30. The van der Waals surface area contributed by atoms with Crippen molar-refractivity contribution in [1.82, 2.24) is 14.8 Å². The quantitative estimate of drug-likeness (QED) is 0.667. The Kier molecular flexibility index (Phi) is 5.84. The lowest BCUT2D eigenvalue weighted by molar-refractivity contribution is -0.130. The van der Waals surface area contributed by atoms with Crippen LogP contribution in [0, 0.1) is 5.82 Å². The molecule has 30 heavy (non-hydrogen) atoms. The fourth-order valence-electron chi connectivity index (χ4n) is 3.63. The number of carbonyl (C=O) groups is 2. The van der Waals surface area contributed by atoms with Crippen LogP contribution in [-0.4, -0.2) is 46.2 Å². The van der Waals surface area contributed by atoms with Crippen LogP contribution in [0.5, 0.6) is 0 Å². The molecule has 0 unspecified atom stereocenters. The summed E-state index contributed by atoms with van der Waals surface area (Å²) >= 11 is 0. The lowest BCUT2D eigenvalue weighted by Crippen LogP contribution is -2.35. The molecule has 2 heterocycles. The van der Waals surface area contributed by atoms with Crippen molar-refractivity contribution in [2.45, 2.75) is 13.0 Å². The topological polar surface area (TPSA) is 53.5 Å². The lowest BCUT2D eigenvalue weighted by atomic mass is 10.0. The van der Waals surface area contributed by atoms with Crippen LogP contribution in [0.3, 0.4) is 0 Å². The van der Waals surface area contributed by atoms with Gasteiger partial charge < -0.3 is 9.80 Å². The number of carbonyl (C=O) groups excluding carboxylic acids is 2. The molecular weight excluding hydrogens is 381 g/mol. The van der Waals surface area contributed by atoms with Gasteiger partial charge in [0.25, 0.3) is 5.91 Å². The number of amides is 2. The van der Waals surface area contributed by atoms with E-state index in [9.17, 15) is 14.0 Å². The number of hydrogen-bond acceptors (Lipinski definition) is 3. The van der Waals surface area contributed by atoms with E-state index in [0.717, 1.165) is 16.7 Å². The van der Waals surface area contributed by atoms with E-state index in [4.69, 9.17) is 0 Å². The van der Waals surface area contributed by atoms with Crippen LogP contribution >= 0.6 is 0 Å². The normalized spacial score (nSPS) is 14.5. The Bertz CT molecular complexity index is 1060. The summed E-state index contributed by atoms with van der Waals surface area (Å²) in [4.78, 5) is 33.1. The third-order valence-corrected chi connectivity index (χ3v) is 5.27. The minimum atomic E-state index is -0.315. The average Bonchev–Trinajstić information content (AvgIpc) is 2.96. The number of benzene rings is 2. The van der Waals surface area contributed by atoms with Crippen LogP contribution in [0.15, 0.2) is 73.1 Å². The summed E-state index contributed by atoms with van der Waals surface area (Å²) in [6, 6.07) is 17.3. The molecule has 0 saturated carbocycles. The maximum absolute atomic E-state index is 13.6. The molecule has 0 bridgehead atoms. The highest BCUT2D eigenvalue weighted by atomic mass is 19.1. The number of rotatable bonds is 4. The van der Waals surface area contributed by atoms with Crippen LogP contribution in [-0.2, 0) is 11.3 Å². The van der Waals surface area contributed by atoms with Crippen molar-refractivity contribution in [1.29, 1.82) is 0 Å². The fourth-order valence-corrected chi connectivity index (χ4v) is 3.63. The lowest BCUT2D eigenvalue weighted by Gasteiger charge is -2.22. The molecular formula is C24H22FN3O2. The molecule has 2 aromatic carbocycles. The Labute approximate surface area is 174 Å². The Hall–Kier alpha value is -3.54. The largest absolute Gasteiger partial charge is 0.337 e. The minimum Gasteiger partial charge on any atom is -0.337 e. The van der Waals surface area contributed by atoms with E-state index >= 15 is 0 Å². The maximum Gasteiger partial charge on any atom is 0.253 e. The Morgan fingerprint density at radius 2 is 1.67 bits per heavy atom. The Morgan fingerprint density at radius 1 is 0.933 bits per heavy atom. The summed E-state index contributed by atoms with van der Waals surface area (Å²) in [5.74, 6) is -0.396. The van der Waals surface area contributed by atoms with Crippen molar-refractivity contribution < 1.29 is 14.0 Å². The van der Waals surface area contributed by atoms with Gasteiger partial charge in [-0.15, -0.1) is 0 Å². The number of aromatic nitrogens is 1. The van der Waals surface area contributed by atoms with E-state index in [1.165, 1.54) is 12.1 Å². The van der Waals surface area contributed by atoms with Gasteiger partial charge in [-0.1, -0.05) is 24.3 Å². The van der Waals surface area contributed by atoms with Crippen molar-refractivity contribution in [2.75, 3.05) is 19.6 Å². The Balaban J connectivity index is 1.47. The highest BCUT2D eigenvalue weighted by molar-refractivity contribution is 5.96. The fraction of sp³-hybridized carbons (Fsp3) is 0.208. The predicted molar refractivity (Wildman–Crippen MR) is 112 cm³/mol. The molecule has 152 valence electrons. The van der Waals surface area contributed by atoms with E-state index in [2.05, 4.69) is 4.98 Å². The van der Waals surface area contributed by atoms with Gasteiger partial charge in [-0.3, -0.25) is 14.6 Å². The highest BCUT2D eigenvalue weighted by Crippen LogP contribution is 2.22. The zero-order valence-electron chi connectivity index (χ0n) is 16.5. The van der Waals surface area contributed by atoms with Crippen molar-refractivity contribution in [2.24, 2.45) is 0 Å². The average molecular weight is 403 g/mol. The van der Waals surface area contributed by atoms with Crippen molar-refractivity contribution in [3.8, 4) is 11.1 Å². The monoisotopic (exact) mass is 403 g/mol. The molecule has 1 aliphatic heterocycles. The van der Waals surface area contributed by atoms with Crippen molar-refractivity contribution in [3.05, 3.63) is 90.0 Å². The molecule has 1 aromatic heterocycles. The summed E-state index contributed by atoms with van der Waals surface area (Å²) in [6.45, 7) is 1.85. The molecule has 2 amide bonds. The molecule has 3 aromatic rings. The first-order valence-corrected chi connectivity index (χ1v) is 9.92. The summed E-state index contributed by atoms with van der Waals surface area (Å²) in [5, 5.41) is 0. The van der Waals surface area contributed by atoms with Gasteiger partial charge in [0.1, 0.15) is 5.82 Å². The van der Waals surface area contributed by atoms with E-state index in [1.54, 1.807) is 46.5 Å². The first-order chi connectivity index (χ1) is 14.6. The number of pyridine rings is 1. The summed E-state index contributed by atoms with van der Waals surface area (Å²) in [7, 11) is 0. The van der Waals surface area contributed by atoms with Crippen molar-refractivity contribution >= 4 is 11.8 Å². The van der Waals surface area contributed by atoms with Gasteiger partial charge in [0.05, 0.1) is 0 Å². The molecule has 0 radical (unpaired) electrons. The second kappa shape index (κ2) is 8.86. The predicted octanol–water partition coefficient (Wildman–Crippen LogP) is 3.76. The molecule has 4 rings (SSSR count). The van der Waals surface area contributed by atoms with Gasteiger partial charge in [0.15, 0.2) is 0 Å². The maximum atomic E-state index is 13.6. The third kappa shape index (κ3) is 4.54. The number of halogens is 1. The zero-order valence-corrected chi connectivity index (χ0v) is 16.5. The van der Waals surface area contributed by atoms with Crippen LogP contribution in [0.25, 0.3) is 11.1 Å². The number of hydrogen-bond donors (Lipinski definition) is 0. The standard InChI is InChI=1S/C24H22FN3O2/c25-22-6-2-4-20(16-22)19-3-1-5-21(15-19)24(30)27-12-9-23(29)28(14-13-27)17-18-7-10-26-11-8-18/h1-8,10-11,15-16H,9,12-14,17H2. The molecule has 0 atom stereocenters. The van der Waals surface area contributed by atoms with Crippen LogP contribution in [0.1, 0.15) is 22.3 Å². The molecule has 6 heteroatoms. The molecule has 0 aliphatic carbocycles. The van der Waals surface area contributed by atoms with Gasteiger partial charge in [-0.25, -0.2) is 4.39 Å². The van der Waals surface area contributed by atoms with E-state index in [1.807, 2.05) is 24.3 Å². The second-order valence-corrected chi connectivity index (χ2v) is 7.30. The van der Waals surface area contributed by atoms with Crippen LogP contribution in [0.4, 0.5) is 4.39 Å². The van der Waals surface area contributed by atoms with Gasteiger partial charge in [0.2, 0.25) is 5.91 Å². The number of nitrogens with zero attached hydrogens (tertiary/aromatic N) is 3. The molecule has 0 spiro atoms. The zero-order chi connectivity index (χ0) is 20.9. The van der Waals surface area contributed by atoms with E-state index < -0.39 is 0 Å². The molecule has 5 nitrogen and oxygen atoms in total. The molecule has 1 saturated heterocycles. The van der Waals surface area contributed by atoms with Gasteiger partial charge in [0, 0.05) is 50.6 Å². The van der Waals surface area contributed by atoms with Gasteiger partial charge in [-0.05, 0) is 53.1 Å². The van der Waals surface area contributed by atoms with Crippen molar-refractivity contribution in [3.63, 3.8) is 0 Å². The molecule has 0 N–H and O–H groups in total. The third-order valence-electron chi connectivity index (χ3n) is 5.27. The SMILES string of the molecule is O=C1CCN(C(=O)c2cccc(-c3cccc(F)c3)c2)CCN1Cc1ccncc1. The minimum absolute atomic E-state index is 0.0376. The van der Waals surface area contributed by atoms with Gasteiger partial charge in [-0.2, -0.15) is 0 Å². The van der Waals surface area contributed by atoms with E-state index in [-0.39, 0.29) is 17.6 Å². The summed E-state index contributed by atoms with van der Waals surface area (Å²) < 4.78 is 13.6. The molecule has 1 fully saturated rings.